The molecule has 2 rings (SSSR count). The summed E-state index contributed by atoms with van der Waals surface area (Å²) in [7, 11) is -2.01. The van der Waals surface area contributed by atoms with Crippen molar-refractivity contribution in [3.8, 4) is 0 Å². The first-order valence-electron chi connectivity index (χ1n) is 7.03. The molecule has 20 heavy (non-hydrogen) atoms. The maximum atomic E-state index is 6.05. The van der Waals surface area contributed by atoms with Gasteiger partial charge in [-0.15, -0.1) is 0 Å². The van der Waals surface area contributed by atoms with Crippen molar-refractivity contribution in [3.05, 3.63) is 47.7 Å². The minimum absolute atomic E-state index is 0.520. The topological polar surface area (TPSA) is 25.8 Å². The molecule has 4 heteroatoms. The van der Waals surface area contributed by atoms with Gasteiger partial charge in [-0.25, -0.2) is 9.97 Å². The zero-order valence-electron chi connectivity index (χ0n) is 12.5. The number of hydrogen-bond acceptors (Lipinski definition) is 2. The van der Waals surface area contributed by atoms with Crippen molar-refractivity contribution in [1.82, 2.24) is 9.97 Å². The molecule has 106 valence electrons. The van der Waals surface area contributed by atoms with Crippen molar-refractivity contribution < 1.29 is 0 Å². The van der Waals surface area contributed by atoms with E-state index >= 15 is 0 Å². The quantitative estimate of drug-likeness (QED) is 0.808. The van der Waals surface area contributed by atoms with Gasteiger partial charge in [-0.2, -0.15) is 0 Å². The number of halogens is 1. The largest absolute Gasteiger partial charge is 0.246 e. The number of nitrogens with zero attached hydrogens (tertiary/aromatic N) is 2. The molecule has 0 spiro atoms. The second kappa shape index (κ2) is 6.06. The highest BCUT2D eigenvalue weighted by molar-refractivity contribution is 7.03. The second-order valence-electron chi connectivity index (χ2n) is 5.76. The van der Waals surface area contributed by atoms with E-state index in [1.54, 1.807) is 0 Å². The van der Waals surface area contributed by atoms with Crippen molar-refractivity contribution in [1.29, 1.82) is 0 Å². The Hall–Kier alpha value is -1.19. The van der Waals surface area contributed by atoms with E-state index in [-0.39, 0.29) is 0 Å². The summed E-state index contributed by atoms with van der Waals surface area (Å²) >= 11 is 6.05. The van der Waals surface area contributed by atoms with Crippen molar-refractivity contribution in [3.63, 3.8) is 0 Å². The highest BCUT2D eigenvalue weighted by Gasteiger charge is 2.46. The molecule has 0 aliphatic rings. The predicted octanol–water partition coefficient (Wildman–Crippen LogP) is 3.51. The Kier molecular flexibility index (Phi) is 4.61. The fraction of sp³-hybridized carbons (Fsp3) is 0.375. The molecule has 0 fully saturated rings. The molecule has 0 bridgehead atoms. The summed E-state index contributed by atoms with van der Waals surface area (Å²) in [6.45, 7) is 9.16. The van der Waals surface area contributed by atoms with Crippen molar-refractivity contribution in [2.75, 3.05) is 0 Å². The molecule has 0 atom stereocenters. The molecule has 2 aromatic rings. The summed E-state index contributed by atoms with van der Waals surface area (Å²) < 4.78 is 0. The minimum Gasteiger partial charge on any atom is -0.246 e. The molecular weight excluding hydrogens is 284 g/mol. The highest BCUT2D eigenvalue weighted by atomic mass is 35.5. The molecule has 0 saturated heterocycles. The first-order chi connectivity index (χ1) is 9.49. The number of hydrogen-bond donors (Lipinski definition) is 0. The van der Waals surface area contributed by atoms with E-state index in [4.69, 9.17) is 11.6 Å². The van der Waals surface area contributed by atoms with Crippen LogP contribution in [0.1, 0.15) is 27.7 Å². The van der Waals surface area contributed by atoms with Gasteiger partial charge in [0.2, 0.25) is 0 Å². The van der Waals surface area contributed by atoms with Crippen molar-refractivity contribution in [2.24, 2.45) is 0 Å². The van der Waals surface area contributed by atoms with Crippen LogP contribution in [-0.4, -0.2) is 18.0 Å². The number of rotatable bonds is 4. The highest BCUT2D eigenvalue weighted by Crippen LogP contribution is 2.31. The summed E-state index contributed by atoms with van der Waals surface area (Å²) in [6.07, 6.45) is 3.70. The van der Waals surface area contributed by atoms with Gasteiger partial charge in [0, 0.05) is 17.4 Å². The van der Waals surface area contributed by atoms with Gasteiger partial charge in [0.05, 0.1) is 0 Å². The van der Waals surface area contributed by atoms with Gasteiger partial charge in [0.25, 0.3) is 0 Å². The Morgan fingerprint density at radius 2 is 1.40 bits per heavy atom. The molecule has 0 N–H and O–H groups in total. The summed E-state index contributed by atoms with van der Waals surface area (Å²) in [5, 5.41) is 2.14. The Morgan fingerprint density at radius 1 is 0.900 bits per heavy atom. The summed E-state index contributed by atoms with van der Waals surface area (Å²) in [4.78, 5) is 9.22. The number of aromatic nitrogens is 2. The van der Waals surface area contributed by atoms with E-state index in [0.717, 1.165) is 10.5 Å². The summed E-state index contributed by atoms with van der Waals surface area (Å²) in [6, 6.07) is 10.2. The van der Waals surface area contributed by atoms with E-state index in [1.165, 1.54) is 5.19 Å². The molecule has 1 aromatic carbocycles. The lowest BCUT2D eigenvalue weighted by molar-refractivity contribution is 0.916. The normalized spacial score (nSPS) is 12.2. The average Bonchev–Trinajstić information content (AvgIpc) is 2.42. The maximum absolute atomic E-state index is 6.05. The van der Waals surface area contributed by atoms with Crippen LogP contribution in [0.4, 0.5) is 0 Å². The molecule has 0 unspecified atom stereocenters. The zero-order chi connectivity index (χ0) is 14.8. The molecule has 0 aliphatic carbocycles. The Balaban J connectivity index is 2.69. The van der Waals surface area contributed by atoms with Crippen LogP contribution in [0.5, 0.6) is 0 Å². The van der Waals surface area contributed by atoms with E-state index in [0.29, 0.717) is 11.1 Å². The molecule has 1 heterocycles. The minimum atomic E-state index is -2.01. The van der Waals surface area contributed by atoms with Gasteiger partial charge in [0.15, 0.2) is 8.07 Å². The fourth-order valence-corrected chi connectivity index (χ4v) is 8.60. The molecule has 0 radical (unpaired) electrons. The monoisotopic (exact) mass is 304 g/mol. The third-order valence-corrected chi connectivity index (χ3v) is 10.3. The van der Waals surface area contributed by atoms with Gasteiger partial charge < -0.3 is 0 Å². The van der Waals surface area contributed by atoms with Crippen molar-refractivity contribution >= 4 is 30.3 Å². The lowest BCUT2D eigenvalue weighted by atomic mass is 10.4. The molecule has 0 amide bonds. The van der Waals surface area contributed by atoms with Crippen LogP contribution in [0.15, 0.2) is 42.7 Å². The SMILES string of the molecule is CC(C)[Si](c1ccc(Cl)cc1)(c1ncccn1)C(C)C. The average molecular weight is 305 g/mol. The molecule has 1 aromatic heterocycles. The standard InChI is InChI=1S/C16H21ClN2Si/c1-12(2)20(13(3)4,16-18-10-5-11-19-16)15-8-6-14(17)7-9-15/h5-13H,1-4H3. The third kappa shape index (κ3) is 2.52. The van der Waals surface area contributed by atoms with Crippen LogP contribution in [0.25, 0.3) is 0 Å². The zero-order valence-corrected chi connectivity index (χ0v) is 14.2. The Bertz CT molecular complexity index is 544. The van der Waals surface area contributed by atoms with Gasteiger partial charge in [-0.1, -0.05) is 51.4 Å². The maximum Gasteiger partial charge on any atom is 0.170 e. The second-order valence-corrected chi connectivity index (χ2v) is 11.3. The van der Waals surface area contributed by atoms with Gasteiger partial charge in [0.1, 0.15) is 5.45 Å². The lowest BCUT2D eigenvalue weighted by Crippen LogP contribution is -2.64. The molecule has 0 saturated carbocycles. The van der Waals surface area contributed by atoms with Crippen LogP contribution in [-0.2, 0) is 0 Å². The molecule has 2 nitrogen and oxygen atoms in total. The Labute approximate surface area is 127 Å². The predicted molar refractivity (Wildman–Crippen MR) is 88.7 cm³/mol. The fourth-order valence-electron chi connectivity index (χ4n) is 3.22. The number of benzene rings is 1. The summed E-state index contributed by atoms with van der Waals surface area (Å²) in [5.41, 5.74) is 2.06. The van der Waals surface area contributed by atoms with Crippen LogP contribution in [0.2, 0.25) is 16.1 Å². The van der Waals surface area contributed by atoms with Crippen LogP contribution in [0.3, 0.4) is 0 Å². The summed E-state index contributed by atoms with van der Waals surface area (Å²) in [5.74, 6) is 0. The lowest BCUT2D eigenvalue weighted by Gasteiger charge is -2.38. The van der Waals surface area contributed by atoms with Gasteiger partial charge in [-0.3, -0.25) is 0 Å². The molecule has 0 aliphatic heterocycles. The third-order valence-electron chi connectivity index (χ3n) is 4.08. The van der Waals surface area contributed by atoms with E-state index < -0.39 is 8.07 Å². The van der Waals surface area contributed by atoms with E-state index in [9.17, 15) is 0 Å². The Morgan fingerprint density at radius 3 is 1.85 bits per heavy atom. The van der Waals surface area contributed by atoms with Crippen LogP contribution < -0.4 is 10.6 Å². The van der Waals surface area contributed by atoms with Crippen LogP contribution >= 0.6 is 11.6 Å². The first kappa shape index (κ1) is 15.2. The van der Waals surface area contributed by atoms with E-state index in [2.05, 4.69) is 49.8 Å². The molecular formula is C16H21ClN2Si. The first-order valence-corrected chi connectivity index (χ1v) is 9.56. The van der Waals surface area contributed by atoms with E-state index in [1.807, 2.05) is 30.6 Å². The smallest absolute Gasteiger partial charge is 0.170 e. The van der Waals surface area contributed by atoms with Crippen molar-refractivity contribution in [2.45, 2.75) is 38.8 Å². The van der Waals surface area contributed by atoms with Crippen LogP contribution in [0, 0.1) is 0 Å². The van der Waals surface area contributed by atoms with Gasteiger partial charge in [-0.05, 0) is 34.5 Å². The van der Waals surface area contributed by atoms with Gasteiger partial charge >= 0.3 is 0 Å².